The minimum absolute atomic E-state index is 0.0127. The maximum absolute atomic E-state index is 13.4. The van der Waals surface area contributed by atoms with E-state index in [1.54, 1.807) is 29.2 Å². The van der Waals surface area contributed by atoms with Crippen LogP contribution in [0.4, 0.5) is 0 Å². The number of carbonyl (C=O) groups excluding carboxylic acids is 6. The van der Waals surface area contributed by atoms with Gasteiger partial charge in [0.05, 0.1) is 18.6 Å². The van der Waals surface area contributed by atoms with Crippen molar-refractivity contribution < 1.29 is 33.5 Å². The number of hydrogen-bond acceptors (Lipinski definition) is 7. The maximum Gasteiger partial charge on any atom is 0.255 e. The molecule has 2 aliphatic rings. The van der Waals surface area contributed by atoms with Crippen LogP contribution in [0, 0.1) is 0 Å². The van der Waals surface area contributed by atoms with Crippen LogP contribution in [-0.2, 0) is 30.4 Å². The normalized spacial score (nSPS) is 21.3. The second kappa shape index (κ2) is 15.9. The molecule has 2 aliphatic heterocycles. The first-order valence-corrected chi connectivity index (χ1v) is 15.6. The molecular weight excluding hydrogens is 592 g/mol. The number of rotatable bonds is 6. The van der Waals surface area contributed by atoms with Crippen molar-refractivity contribution in [3.05, 3.63) is 65.7 Å². The van der Waals surface area contributed by atoms with Crippen LogP contribution in [0.15, 0.2) is 54.6 Å². The highest BCUT2D eigenvalue weighted by atomic mass is 16.5. The molecule has 0 saturated carbocycles. The number of hydrogen-bond donors (Lipinski definition) is 5. The molecule has 0 bridgehead atoms. The fourth-order valence-corrected chi connectivity index (χ4v) is 5.23. The standard InChI is InChI=1S/C33H42N6O7/c1-33(2)32(45)37-24(20-22-10-4-3-5-11-22)30(43)34-15-9-19-46-26-13-7-6-12-23(26)29(42)36-25(21-27(40)38-33)31(44)35-16-18-39-17-8-14-28(39)41/h3-7,10-13,24-25H,8-9,14-21H2,1-2H3,(H,34,43)(H,35,44)(H,36,42)(H,37,45)(H,38,40)/t24-,25-/m0/s1. The third kappa shape index (κ3) is 9.53. The van der Waals surface area contributed by atoms with Gasteiger partial charge in [-0.1, -0.05) is 42.5 Å². The molecule has 0 aromatic heterocycles. The predicted octanol–water partition coefficient (Wildman–Crippen LogP) is 0.435. The Morgan fingerprint density at radius 1 is 0.978 bits per heavy atom. The van der Waals surface area contributed by atoms with Crippen LogP contribution in [0.1, 0.15) is 55.5 Å². The van der Waals surface area contributed by atoms with E-state index in [9.17, 15) is 28.8 Å². The van der Waals surface area contributed by atoms with E-state index in [1.807, 2.05) is 30.3 Å². The number of nitrogens with zero attached hydrogens (tertiary/aromatic N) is 1. The summed E-state index contributed by atoms with van der Waals surface area (Å²) in [5.41, 5.74) is -0.471. The van der Waals surface area contributed by atoms with E-state index in [2.05, 4.69) is 26.6 Å². The molecule has 13 nitrogen and oxygen atoms in total. The Balaban J connectivity index is 1.54. The number of nitrogens with one attached hydrogen (secondary N) is 5. The van der Waals surface area contributed by atoms with Gasteiger partial charge in [-0.15, -0.1) is 0 Å². The lowest BCUT2D eigenvalue weighted by Gasteiger charge is -2.29. The molecule has 0 aliphatic carbocycles. The predicted molar refractivity (Wildman–Crippen MR) is 169 cm³/mol. The minimum Gasteiger partial charge on any atom is -0.493 e. The van der Waals surface area contributed by atoms with Crippen LogP contribution in [0.5, 0.6) is 5.75 Å². The number of fused-ring (bicyclic) bond motifs is 1. The number of benzene rings is 2. The smallest absolute Gasteiger partial charge is 0.255 e. The minimum atomic E-state index is -1.47. The number of likely N-dealkylation sites (tertiary alicyclic amines) is 1. The Morgan fingerprint density at radius 2 is 1.72 bits per heavy atom. The van der Waals surface area contributed by atoms with Gasteiger partial charge in [0.15, 0.2) is 0 Å². The molecule has 0 unspecified atom stereocenters. The van der Waals surface area contributed by atoms with Crippen LogP contribution in [0.25, 0.3) is 0 Å². The van der Waals surface area contributed by atoms with Crippen molar-refractivity contribution in [3.8, 4) is 5.75 Å². The third-order valence-electron chi connectivity index (χ3n) is 7.80. The zero-order valence-corrected chi connectivity index (χ0v) is 26.2. The van der Waals surface area contributed by atoms with Gasteiger partial charge in [-0.25, -0.2) is 0 Å². The average molecular weight is 635 g/mol. The molecule has 13 heteroatoms. The van der Waals surface area contributed by atoms with E-state index in [1.165, 1.54) is 13.8 Å². The topological polar surface area (TPSA) is 175 Å². The summed E-state index contributed by atoms with van der Waals surface area (Å²) in [6, 6.07) is 13.5. The van der Waals surface area contributed by atoms with E-state index in [4.69, 9.17) is 4.74 Å². The highest BCUT2D eigenvalue weighted by Crippen LogP contribution is 2.19. The van der Waals surface area contributed by atoms with Crippen LogP contribution < -0.4 is 31.3 Å². The average Bonchev–Trinajstić information content (AvgIpc) is 3.44. The summed E-state index contributed by atoms with van der Waals surface area (Å²) >= 11 is 0. The molecule has 4 rings (SSSR count). The lowest BCUT2D eigenvalue weighted by Crippen LogP contribution is -2.60. The number of amides is 6. The van der Waals surface area contributed by atoms with Gasteiger partial charge in [0.2, 0.25) is 29.5 Å². The summed E-state index contributed by atoms with van der Waals surface area (Å²) in [6.07, 6.45) is 1.39. The van der Waals surface area contributed by atoms with E-state index in [0.717, 1.165) is 12.0 Å². The molecule has 0 spiro atoms. The maximum atomic E-state index is 13.4. The van der Waals surface area contributed by atoms with Gasteiger partial charge in [-0.3, -0.25) is 28.8 Å². The van der Waals surface area contributed by atoms with Crippen molar-refractivity contribution in [2.24, 2.45) is 0 Å². The lowest BCUT2D eigenvalue weighted by atomic mass is 10.00. The summed E-state index contributed by atoms with van der Waals surface area (Å²) in [4.78, 5) is 80.2. The van der Waals surface area contributed by atoms with Gasteiger partial charge in [-0.05, 0) is 44.4 Å². The van der Waals surface area contributed by atoms with E-state index >= 15 is 0 Å². The number of para-hydroxylation sites is 1. The molecule has 1 fully saturated rings. The molecule has 2 aromatic rings. The van der Waals surface area contributed by atoms with Gasteiger partial charge in [-0.2, -0.15) is 0 Å². The van der Waals surface area contributed by atoms with Crippen LogP contribution in [0.3, 0.4) is 0 Å². The Hall–Kier alpha value is -4.94. The summed E-state index contributed by atoms with van der Waals surface area (Å²) in [6.45, 7) is 4.46. The fourth-order valence-electron chi connectivity index (χ4n) is 5.23. The monoisotopic (exact) mass is 634 g/mol. The molecule has 2 aromatic carbocycles. The second-order valence-corrected chi connectivity index (χ2v) is 11.9. The molecule has 46 heavy (non-hydrogen) atoms. The molecule has 2 atom stereocenters. The SMILES string of the molecule is CC1(C)NC(=O)C[C@@H](C(=O)NCCN2CCCC2=O)NC(=O)c2ccccc2OCCCNC(=O)[C@H](Cc2ccccc2)NC1=O. The van der Waals surface area contributed by atoms with Crippen molar-refractivity contribution in [3.63, 3.8) is 0 Å². The summed E-state index contributed by atoms with van der Waals surface area (Å²) in [5, 5.41) is 13.6. The first kappa shape index (κ1) is 33.9. The first-order chi connectivity index (χ1) is 22.0. The van der Waals surface area contributed by atoms with Gasteiger partial charge in [0.25, 0.3) is 5.91 Å². The van der Waals surface area contributed by atoms with Crippen LogP contribution in [0.2, 0.25) is 0 Å². The zero-order chi connectivity index (χ0) is 33.1. The first-order valence-electron chi connectivity index (χ1n) is 15.6. The zero-order valence-electron chi connectivity index (χ0n) is 26.2. The van der Waals surface area contributed by atoms with Crippen LogP contribution in [-0.4, -0.2) is 90.8 Å². The number of ether oxygens (including phenoxy) is 1. The van der Waals surface area contributed by atoms with Gasteiger partial charge < -0.3 is 36.2 Å². The molecule has 6 amide bonds. The van der Waals surface area contributed by atoms with E-state index < -0.39 is 53.6 Å². The molecule has 2 heterocycles. The molecule has 1 saturated heterocycles. The van der Waals surface area contributed by atoms with Crippen molar-refractivity contribution in [1.29, 1.82) is 0 Å². The van der Waals surface area contributed by atoms with Gasteiger partial charge in [0, 0.05) is 39.0 Å². The number of carbonyl (C=O) groups is 6. The highest BCUT2D eigenvalue weighted by Gasteiger charge is 2.35. The van der Waals surface area contributed by atoms with E-state index in [0.29, 0.717) is 25.9 Å². The summed E-state index contributed by atoms with van der Waals surface area (Å²) in [7, 11) is 0. The van der Waals surface area contributed by atoms with Gasteiger partial charge >= 0.3 is 0 Å². The fraction of sp³-hybridized carbons (Fsp3) is 0.455. The Labute approximate surface area is 268 Å². The van der Waals surface area contributed by atoms with Gasteiger partial charge in [0.1, 0.15) is 23.4 Å². The quantitative estimate of drug-likeness (QED) is 0.306. The molecule has 0 radical (unpaired) electrons. The van der Waals surface area contributed by atoms with Crippen molar-refractivity contribution in [2.75, 3.05) is 32.8 Å². The van der Waals surface area contributed by atoms with Crippen LogP contribution >= 0.6 is 0 Å². The highest BCUT2D eigenvalue weighted by molar-refractivity contribution is 6.01. The summed E-state index contributed by atoms with van der Waals surface area (Å²) in [5.74, 6) is -2.64. The molecular formula is C33H42N6O7. The van der Waals surface area contributed by atoms with Crippen molar-refractivity contribution in [2.45, 2.75) is 63.6 Å². The lowest BCUT2D eigenvalue weighted by molar-refractivity contribution is -0.135. The molecule has 5 N–H and O–H groups in total. The summed E-state index contributed by atoms with van der Waals surface area (Å²) < 4.78 is 5.86. The Kier molecular flexibility index (Phi) is 11.7. The second-order valence-electron chi connectivity index (χ2n) is 11.9. The Bertz CT molecular complexity index is 1430. The Morgan fingerprint density at radius 3 is 2.46 bits per heavy atom. The third-order valence-corrected chi connectivity index (χ3v) is 7.80. The van der Waals surface area contributed by atoms with Crippen molar-refractivity contribution in [1.82, 2.24) is 31.5 Å². The largest absolute Gasteiger partial charge is 0.493 e. The van der Waals surface area contributed by atoms with E-state index in [-0.39, 0.29) is 43.3 Å². The molecule has 246 valence electrons. The van der Waals surface area contributed by atoms with Crippen molar-refractivity contribution >= 4 is 35.4 Å².